The molecule has 0 saturated carbocycles. The first-order valence-electron chi connectivity index (χ1n) is 6.49. The van der Waals surface area contributed by atoms with E-state index >= 15 is 0 Å². The molecule has 0 spiro atoms. The van der Waals surface area contributed by atoms with Gasteiger partial charge in [-0.2, -0.15) is 0 Å². The summed E-state index contributed by atoms with van der Waals surface area (Å²) in [6.45, 7) is 2.10. The second kappa shape index (κ2) is 4.16. The monoisotopic (exact) mass is 244 g/mol. The van der Waals surface area contributed by atoms with Crippen LogP contribution >= 0.6 is 0 Å². The Kier molecular flexibility index (Phi) is 2.73. The summed E-state index contributed by atoms with van der Waals surface area (Å²) in [4.78, 5) is 6.74. The molecule has 1 fully saturated rings. The average Bonchev–Trinajstić information content (AvgIpc) is 2.81. The van der Waals surface area contributed by atoms with Crippen LogP contribution in [0, 0.1) is 5.92 Å². The third-order valence-corrected chi connectivity index (χ3v) is 4.36. The highest BCUT2D eigenvalue weighted by molar-refractivity contribution is 5.77. The number of likely N-dealkylation sites (tertiary alicyclic amines) is 1. The summed E-state index contributed by atoms with van der Waals surface area (Å²) >= 11 is 0. The SMILES string of the molecule is CN1CC[C@@H](C2(N)c3ccccc3N=CC2N)C1. The zero-order valence-electron chi connectivity index (χ0n) is 10.7. The Balaban J connectivity index is 2.06. The number of hydrogen-bond acceptors (Lipinski definition) is 4. The first-order chi connectivity index (χ1) is 8.62. The molecule has 0 radical (unpaired) electrons. The molecular weight excluding hydrogens is 224 g/mol. The van der Waals surface area contributed by atoms with Crippen molar-refractivity contribution < 1.29 is 0 Å². The topological polar surface area (TPSA) is 67.6 Å². The fourth-order valence-electron chi connectivity index (χ4n) is 3.23. The van der Waals surface area contributed by atoms with Crippen molar-refractivity contribution in [3.05, 3.63) is 29.8 Å². The molecule has 1 aromatic rings. The molecule has 4 heteroatoms. The second-order valence-electron chi connectivity index (χ2n) is 5.50. The molecule has 4 N–H and O–H groups in total. The Morgan fingerprint density at radius 2 is 2.17 bits per heavy atom. The van der Waals surface area contributed by atoms with Crippen molar-refractivity contribution in [1.29, 1.82) is 0 Å². The van der Waals surface area contributed by atoms with Gasteiger partial charge in [0.15, 0.2) is 0 Å². The Morgan fingerprint density at radius 3 is 2.89 bits per heavy atom. The second-order valence-corrected chi connectivity index (χ2v) is 5.50. The predicted molar refractivity (Wildman–Crippen MR) is 74.0 cm³/mol. The van der Waals surface area contributed by atoms with Crippen LogP contribution in [0.5, 0.6) is 0 Å². The van der Waals surface area contributed by atoms with Crippen LogP contribution in [0.1, 0.15) is 12.0 Å². The summed E-state index contributed by atoms with van der Waals surface area (Å²) in [5.41, 5.74) is 14.6. The van der Waals surface area contributed by atoms with Gasteiger partial charge >= 0.3 is 0 Å². The number of para-hydroxylation sites is 1. The van der Waals surface area contributed by atoms with Crippen molar-refractivity contribution in [3.63, 3.8) is 0 Å². The molecule has 18 heavy (non-hydrogen) atoms. The summed E-state index contributed by atoms with van der Waals surface area (Å²) in [7, 11) is 2.14. The molecule has 0 aromatic heterocycles. The third kappa shape index (κ3) is 1.61. The molecule has 2 aliphatic heterocycles. The number of fused-ring (bicyclic) bond motifs is 1. The Labute approximate surface area is 108 Å². The standard InChI is InChI=1S/C14H20N4/c1-18-7-6-10(9-18)14(16)11-4-2-3-5-12(11)17-8-13(14)15/h2-5,8,10,13H,6-7,9,15-16H2,1H3/t10-,13?,14?/m1/s1. The van der Waals surface area contributed by atoms with Gasteiger partial charge < -0.3 is 16.4 Å². The van der Waals surface area contributed by atoms with Gasteiger partial charge in [-0.3, -0.25) is 4.99 Å². The van der Waals surface area contributed by atoms with Crippen molar-refractivity contribution in [3.8, 4) is 0 Å². The van der Waals surface area contributed by atoms with Gasteiger partial charge in [0.25, 0.3) is 0 Å². The molecule has 2 unspecified atom stereocenters. The summed E-state index contributed by atoms with van der Waals surface area (Å²) in [5.74, 6) is 0.394. The molecule has 0 aliphatic carbocycles. The molecule has 3 rings (SSSR count). The zero-order valence-corrected chi connectivity index (χ0v) is 10.7. The van der Waals surface area contributed by atoms with Crippen LogP contribution in [-0.4, -0.2) is 37.3 Å². The number of benzene rings is 1. The van der Waals surface area contributed by atoms with Crippen molar-refractivity contribution in [2.24, 2.45) is 22.4 Å². The van der Waals surface area contributed by atoms with Crippen molar-refractivity contribution in [2.75, 3.05) is 20.1 Å². The number of nitrogens with two attached hydrogens (primary N) is 2. The lowest BCUT2D eigenvalue weighted by Gasteiger charge is -2.42. The van der Waals surface area contributed by atoms with E-state index in [-0.39, 0.29) is 6.04 Å². The van der Waals surface area contributed by atoms with Gasteiger partial charge in [-0.1, -0.05) is 18.2 Å². The van der Waals surface area contributed by atoms with E-state index in [0.29, 0.717) is 5.92 Å². The minimum atomic E-state index is -0.483. The molecule has 96 valence electrons. The summed E-state index contributed by atoms with van der Waals surface area (Å²) in [5, 5.41) is 0. The van der Waals surface area contributed by atoms with Crippen LogP contribution in [0.25, 0.3) is 0 Å². The highest BCUT2D eigenvalue weighted by Gasteiger charge is 2.46. The Bertz CT molecular complexity index is 484. The largest absolute Gasteiger partial charge is 0.321 e. The van der Waals surface area contributed by atoms with Gasteiger partial charge in [-0.05, 0) is 37.6 Å². The van der Waals surface area contributed by atoms with E-state index in [1.165, 1.54) is 0 Å². The lowest BCUT2D eigenvalue weighted by molar-refractivity contribution is 0.256. The number of rotatable bonds is 1. The molecule has 4 nitrogen and oxygen atoms in total. The molecule has 0 bridgehead atoms. The Hall–Kier alpha value is -1.23. The molecule has 0 amide bonds. The van der Waals surface area contributed by atoms with E-state index in [9.17, 15) is 0 Å². The fraction of sp³-hybridized carbons (Fsp3) is 0.500. The highest BCUT2D eigenvalue weighted by atomic mass is 15.1. The molecule has 2 aliphatic rings. The van der Waals surface area contributed by atoms with Gasteiger partial charge in [0.2, 0.25) is 0 Å². The maximum Gasteiger partial charge on any atom is 0.0677 e. The van der Waals surface area contributed by atoms with Crippen LogP contribution in [-0.2, 0) is 5.54 Å². The molecule has 2 heterocycles. The summed E-state index contributed by atoms with van der Waals surface area (Å²) < 4.78 is 0. The highest BCUT2D eigenvalue weighted by Crippen LogP contribution is 2.41. The van der Waals surface area contributed by atoms with Crippen LogP contribution in [0.2, 0.25) is 0 Å². The first kappa shape index (κ1) is 11.8. The van der Waals surface area contributed by atoms with E-state index < -0.39 is 5.54 Å². The lowest BCUT2D eigenvalue weighted by Crippen LogP contribution is -2.59. The van der Waals surface area contributed by atoms with E-state index in [2.05, 4.69) is 23.0 Å². The molecule has 1 saturated heterocycles. The summed E-state index contributed by atoms with van der Waals surface area (Å²) in [6, 6.07) is 7.90. The number of aliphatic imine (C=N–C) groups is 1. The third-order valence-electron chi connectivity index (χ3n) is 4.36. The van der Waals surface area contributed by atoms with E-state index in [0.717, 1.165) is 30.8 Å². The van der Waals surface area contributed by atoms with Crippen LogP contribution in [0.3, 0.4) is 0 Å². The van der Waals surface area contributed by atoms with E-state index in [1.807, 2.05) is 18.2 Å². The van der Waals surface area contributed by atoms with Gasteiger partial charge in [-0.15, -0.1) is 0 Å². The maximum atomic E-state index is 6.74. The zero-order chi connectivity index (χ0) is 12.8. The quantitative estimate of drug-likeness (QED) is 0.769. The minimum Gasteiger partial charge on any atom is -0.321 e. The Morgan fingerprint density at radius 1 is 1.39 bits per heavy atom. The van der Waals surface area contributed by atoms with Gasteiger partial charge in [0, 0.05) is 12.8 Å². The van der Waals surface area contributed by atoms with Crippen LogP contribution in [0.4, 0.5) is 5.69 Å². The predicted octanol–water partition coefficient (Wildman–Crippen LogP) is 0.836. The van der Waals surface area contributed by atoms with Gasteiger partial charge in [0.1, 0.15) is 0 Å². The lowest BCUT2D eigenvalue weighted by atomic mass is 9.72. The van der Waals surface area contributed by atoms with E-state index in [1.54, 1.807) is 6.21 Å². The summed E-state index contributed by atoms with van der Waals surface area (Å²) in [6.07, 6.45) is 2.91. The minimum absolute atomic E-state index is 0.205. The van der Waals surface area contributed by atoms with Crippen LogP contribution in [0.15, 0.2) is 29.3 Å². The number of hydrogen-bond donors (Lipinski definition) is 2. The maximum absolute atomic E-state index is 6.74. The van der Waals surface area contributed by atoms with E-state index in [4.69, 9.17) is 11.5 Å². The smallest absolute Gasteiger partial charge is 0.0677 e. The van der Waals surface area contributed by atoms with Crippen LogP contribution < -0.4 is 11.5 Å². The van der Waals surface area contributed by atoms with Crippen molar-refractivity contribution >= 4 is 11.9 Å². The number of nitrogens with zero attached hydrogens (tertiary/aromatic N) is 2. The molecule has 3 atom stereocenters. The van der Waals surface area contributed by atoms with Gasteiger partial charge in [0.05, 0.1) is 17.3 Å². The first-order valence-corrected chi connectivity index (χ1v) is 6.49. The van der Waals surface area contributed by atoms with Crippen molar-refractivity contribution in [1.82, 2.24) is 4.90 Å². The average molecular weight is 244 g/mol. The van der Waals surface area contributed by atoms with Crippen molar-refractivity contribution in [2.45, 2.75) is 18.0 Å². The molecule has 1 aromatic carbocycles. The molecular formula is C14H20N4. The fourth-order valence-corrected chi connectivity index (χ4v) is 3.23. The normalized spacial score (nSPS) is 35.7. The van der Waals surface area contributed by atoms with Gasteiger partial charge in [-0.25, -0.2) is 0 Å².